The van der Waals surface area contributed by atoms with Crippen LogP contribution in [0.25, 0.3) is 4.96 Å². The Kier molecular flexibility index (Phi) is 4.67. The van der Waals surface area contributed by atoms with E-state index in [0.717, 1.165) is 28.9 Å². The third kappa shape index (κ3) is 3.95. The highest BCUT2D eigenvalue weighted by Crippen LogP contribution is 2.29. The van der Waals surface area contributed by atoms with E-state index in [1.165, 1.54) is 0 Å². The van der Waals surface area contributed by atoms with Crippen LogP contribution < -0.4 is 4.90 Å². The van der Waals surface area contributed by atoms with Gasteiger partial charge in [0.25, 0.3) is 0 Å². The van der Waals surface area contributed by atoms with E-state index in [1.807, 2.05) is 38.4 Å². The molecule has 144 valence electrons. The fourth-order valence-electron chi connectivity index (χ4n) is 2.90. The first-order valence-electron chi connectivity index (χ1n) is 9.05. The first-order valence-corrected chi connectivity index (χ1v) is 9.87. The summed E-state index contributed by atoms with van der Waals surface area (Å²) in [6, 6.07) is 0.0694. The van der Waals surface area contributed by atoms with E-state index in [-0.39, 0.29) is 17.6 Å². The first-order chi connectivity index (χ1) is 11.9. The molecule has 0 N–H and O–H groups in total. The molecule has 2 aromatic rings. The Hall–Kier alpha value is -1.83. The molecule has 1 amide bonds. The third-order valence-corrected chi connectivity index (χ3v) is 5.31. The smallest absolute Gasteiger partial charge is 0.410 e. The van der Waals surface area contributed by atoms with Crippen molar-refractivity contribution in [2.24, 2.45) is 0 Å². The van der Waals surface area contributed by atoms with E-state index in [0.29, 0.717) is 6.54 Å². The van der Waals surface area contributed by atoms with Gasteiger partial charge in [0, 0.05) is 31.1 Å². The number of fused-ring (bicyclic) bond motifs is 1. The molecule has 0 bridgehead atoms. The van der Waals surface area contributed by atoms with Gasteiger partial charge in [-0.1, -0.05) is 32.1 Å². The van der Waals surface area contributed by atoms with Crippen molar-refractivity contribution in [1.29, 1.82) is 0 Å². The SMILES string of the molecule is C[C@@H]1CN(c2nn3cc(C(C)(C)C)nc3s2)CCN1C(=O)OC(C)(C)C. The number of hydrogen-bond acceptors (Lipinski definition) is 6. The van der Waals surface area contributed by atoms with Crippen LogP contribution in [0.3, 0.4) is 0 Å². The molecule has 3 rings (SSSR count). The van der Waals surface area contributed by atoms with Gasteiger partial charge < -0.3 is 14.5 Å². The number of rotatable bonds is 1. The van der Waals surface area contributed by atoms with Crippen LogP contribution in [0.15, 0.2) is 6.20 Å². The van der Waals surface area contributed by atoms with Crippen molar-refractivity contribution in [1.82, 2.24) is 19.5 Å². The lowest BCUT2D eigenvalue weighted by Gasteiger charge is -2.39. The lowest BCUT2D eigenvalue weighted by Crippen LogP contribution is -2.55. The number of amides is 1. The minimum atomic E-state index is -0.473. The zero-order valence-electron chi connectivity index (χ0n) is 16.7. The van der Waals surface area contributed by atoms with Crippen LogP contribution in [0, 0.1) is 0 Å². The standard InChI is InChI=1S/C18H29N5O2S/c1-12-10-21(8-9-22(12)16(24)25-18(5,6)7)15-20-23-11-13(17(2,3)4)19-14(23)26-15/h11-12H,8-10H2,1-7H3/t12-/m1/s1. The number of aromatic nitrogens is 3. The minimum absolute atomic E-state index is 0.0150. The van der Waals surface area contributed by atoms with Gasteiger partial charge in [-0.05, 0) is 27.7 Å². The summed E-state index contributed by atoms with van der Waals surface area (Å²) in [5.41, 5.74) is 0.589. The van der Waals surface area contributed by atoms with Crippen LogP contribution in [-0.4, -0.2) is 56.9 Å². The molecule has 0 radical (unpaired) electrons. The first kappa shape index (κ1) is 18.9. The van der Waals surface area contributed by atoms with Gasteiger partial charge in [-0.15, -0.1) is 5.10 Å². The number of imidazole rings is 1. The summed E-state index contributed by atoms with van der Waals surface area (Å²) in [6.07, 6.45) is 1.77. The monoisotopic (exact) mass is 379 g/mol. The average molecular weight is 380 g/mol. The molecule has 8 heteroatoms. The Morgan fingerprint density at radius 2 is 1.92 bits per heavy atom. The lowest BCUT2D eigenvalue weighted by atomic mass is 9.93. The van der Waals surface area contributed by atoms with Crippen molar-refractivity contribution in [2.45, 2.75) is 65.5 Å². The molecule has 0 aromatic carbocycles. The van der Waals surface area contributed by atoms with Crippen LogP contribution in [0.1, 0.15) is 54.2 Å². The molecule has 0 unspecified atom stereocenters. The van der Waals surface area contributed by atoms with Gasteiger partial charge >= 0.3 is 6.09 Å². The second-order valence-electron chi connectivity index (χ2n) is 8.96. The van der Waals surface area contributed by atoms with Crippen molar-refractivity contribution in [3.8, 4) is 0 Å². The molecular weight excluding hydrogens is 350 g/mol. The maximum absolute atomic E-state index is 12.4. The fourth-order valence-corrected chi connectivity index (χ4v) is 3.82. The van der Waals surface area contributed by atoms with Gasteiger partial charge in [0.05, 0.1) is 11.9 Å². The molecular formula is C18H29N5O2S. The highest BCUT2D eigenvalue weighted by atomic mass is 32.1. The summed E-state index contributed by atoms with van der Waals surface area (Å²) in [5.74, 6) is 0. The second kappa shape index (κ2) is 6.40. The van der Waals surface area contributed by atoms with Crippen molar-refractivity contribution < 1.29 is 9.53 Å². The summed E-state index contributed by atoms with van der Waals surface area (Å²) in [6.45, 7) is 16.3. The maximum Gasteiger partial charge on any atom is 0.410 e. The molecule has 0 aliphatic carbocycles. The van der Waals surface area contributed by atoms with E-state index < -0.39 is 5.60 Å². The van der Waals surface area contributed by atoms with Gasteiger partial charge in [-0.25, -0.2) is 14.3 Å². The predicted molar refractivity (Wildman–Crippen MR) is 104 cm³/mol. The zero-order valence-corrected chi connectivity index (χ0v) is 17.6. The Labute approximate surface area is 158 Å². The molecule has 1 atom stereocenters. The fraction of sp³-hybridized carbons (Fsp3) is 0.722. The van der Waals surface area contributed by atoms with Crippen LogP contribution in [0.4, 0.5) is 9.93 Å². The Morgan fingerprint density at radius 3 is 2.46 bits per heavy atom. The molecule has 0 spiro atoms. The van der Waals surface area contributed by atoms with Gasteiger partial charge in [0.1, 0.15) is 5.60 Å². The predicted octanol–water partition coefficient (Wildman–Crippen LogP) is 3.53. The third-order valence-electron chi connectivity index (χ3n) is 4.33. The molecule has 3 heterocycles. The van der Waals surface area contributed by atoms with E-state index >= 15 is 0 Å². The van der Waals surface area contributed by atoms with Crippen molar-refractivity contribution in [3.63, 3.8) is 0 Å². The number of anilines is 1. The van der Waals surface area contributed by atoms with E-state index in [2.05, 4.69) is 25.7 Å². The van der Waals surface area contributed by atoms with Gasteiger partial charge in [0.2, 0.25) is 10.1 Å². The van der Waals surface area contributed by atoms with Crippen LogP contribution in [-0.2, 0) is 10.2 Å². The Bertz CT molecular complexity index is 767. The second-order valence-corrected chi connectivity index (χ2v) is 9.89. The normalized spacial score (nSPS) is 19.3. The highest BCUT2D eigenvalue weighted by molar-refractivity contribution is 7.20. The summed E-state index contributed by atoms with van der Waals surface area (Å²) < 4.78 is 7.38. The Balaban J connectivity index is 1.70. The number of piperazine rings is 1. The quantitative estimate of drug-likeness (QED) is 0.758. The maximum atomic E-state index is 12.4. The van der Waals surface area contributed by atoms with E-state index in [9.17, 15) is 4.79 Å². The van der Waals surface area contributed by atoms with Gasteiger partial charge in [0.15, 0.2) is 0 Å². The van der Waals surface area contributed by atoms with Crippen molar-refractivity contribution >= 4 is 27.5 Å². The number of ether oxygens (including phenoxy) is 1. The topological polar surface area (TPSA) is 63.0 Å². The number of nitrogens with zero attached hydrogens (tertiary/aromatic N) is 5. The number of carbonyl (C=O) groups is 1. The largest absolute Gasteiger partial charge is 0.444 e. The summed E-state index contributed by atoms with van der Waals surface area (Å²) in [7, 11) is 0. The number of carbonyl (C=O) groups excluding carboxylic acids is 1. The van der Waals surface area contributed by atoms with Crippen LogP contribution >= 0.6 is 11.3 Å². The van der Waals surface area contributed by atoms with E-state index in [4.69, 9.17) is 14.8 Å². The molecule has 7 nitrogen and oxygen atoms in total. The Morgan fingerprint density at radius 1 is 1.23 bits per heavy atom. The molecule has 1 aliphatic heterocycles. The van der Waals surface area contributed by atoms with Gasteiger partial charge in [-0.2, -0.15) is 0 Å². The van der Waals surface area contributed by atoms with Crippen LogP contribution in [0.5, 0.6) is 0 Å². The van der Waals surface area contributed by atoms with Crippen molar-refractivity contribution in [2.75, 3.05) is 24.5 Å². The number of hydrogen-bond donors (Lipinski definition) is 0. The molecule has 1 fully saturated rings. The molecule has 26 heavy (non-hydrogen) atoms. The summed E-state index contributed by atoms with van der Waals surface area (Å²) >= 11 is 1.59. The summed E-state index contributed by atoms with van der Waals surface area (Å²) in [4.78, 5) is 22.0. The van der Waals surface area contributed by atoms with Gasteiger partial charge in [-0.3, -0.25) is 0 Å². The lowest BCUT2D eigenvalue weighted by molar-refractivity contribution is 0.0159. The molecule has 0 saturated carbocycles. The minimum Gasteiger partial charge on any atom is -0.444 e. The summed E-state index contributed by atoms with van der Waals surface area (Å²) in [5, 5.41) is 5.65. The average Bonchev–Trinajstić information content (AvgIpc) is 3.02. The van der Waals surface area contributed by atoms with Crippen molar-refractivity contribution in [3.05, 3.63) is 11.9 Å². The van der Waals surface area contributed by atoms with E-state index in [1.54, 1.807) is 16.2 Å². The zero-order chi connectivity index (χ0) is 19.3. The molecule has 1 saturated heterocycles. The highest BCUT2D eigenvalue weighted by Gasteiger charge is 2.32. The molecule has 2 aromatic heterocycles. The van der Waals surface area contributed by atoms with Crippen LogP contribution in [0.2, 0.25) is 0 Å². The molecule has 1 aliphatic rings.